The quantitative estimate of drug-likeness (QED) is 0.892. The van der Waals surface area contributed by atoms with E-state index >= 15 is 0 Å². The number of benzene rings is 1. The molecule has 1 aliphatic rings. The van der Waals surface area contributed by atoms with Crippen molar-refractivity contribution in [1.29, 1.82) is 0 Å². The van der Waals surface area contributed by atoms with Gasteiger partial charge < -0.3 is 10.0 Å². The number of hydrogen-bond donors (Lipinski definition) is 1. The first-order valence-electron chi connectivity index (χ1n) is 6.27. The molecule has 0 spiro atoms. The van der Waals surface area contributed by atoms with Gasteiger partial charge >= 0.3 is 0 Å². The maximum Gasteiger partial charge on any atom is 0.0471 e. The molecule has 0 radical (unpaired) electrons. The summed E-state index contributed by atoms with van der Waals surface area (Å²) in [6.45, 7) is 5.74. The van der Waals surface area contributed by atoms with Crippen LogP contribution in [0.3, 0.4) is 0 Å². The van der Waals surface area contributed by atoms with E-state index in [1.165, 1.54) is 5.56 Å². The van der Waals surface area contributed by atoms with Gasteiger partial charge in [0.1, 0.15) is 0 Å². The van der Waals surface area contributed by atoms with Crippen LogP contribution in [0.25, 0.3) is 0 Å². The maximum atomic E-state index is 9.13. The molecule has 94 valence electrons. The van der Waals surface area contributed by atoms with Gasteiger partial charge in [0.15, 0.2) is 0 Å². The number of nitrogens with zero attached hydrogens (tertiary/aromatic N) is 1. The largest absolute Gasteiger partial charge is 0.396 e. The van der Waals surface area contributed by atoms with Crippen LogP contribution in [0.15, 0.2) is 24.3 Å². The van der Waals surface area contributed by atoms with Crippen molar-refractivity contribution in [2.75, 3.05) is 26.2 Å². The number of rotatable bonds is 4. The zero-order chi connectivity index (χ0) is 12.3. The lowest BCUT2D eigenvalue weighted by Crippen LogP contribution is -2.26. The Labute approximate surface area is 108 Å². The minimum atomic E-state index is 0.321. The van der Waals surface area contributed by atoms with Crippen molar-refractivity contribution in [2.45, 2.75) is 19.3 Å². The van der Waals surface area contributed by atoms with Crippen molar-refractivity contribution in [2.24, 2.45) is 5.92 Å². The van der Waals surface area contributed by atoms with Crippen LogP contribution in [0.2, 0.25) is 5.02 Å². The Morgan fingerprint density at radius 2 is 2.35 bits per heavy atom. The molecule has 1 aliphatic heterocycles. The third-order valence-electron chi connectivity index (χ3n) is 3.58. The molecule has 1 aromatic carbocycles. The van der Waals surface area contributed by atoms with Crippen LogP contribution in [-0.4, -0.2) is 36.2 Å². The Hall–Kier alpha value is -0.570. The Morgan fingerprint density at radius 3 is 3.00 bits per heavy atom. The van der Waals surface area contributed by atoms with Crippen molar-refractivity contribution in [3.8, 4) is 0 Å². The Morgan fingerprint density at radius 1 is 1.53 bits per heavy atom. The molecule has 1 fully saturated rings. The van der Waals surface area contributed by atoms with Gasteiger partial charge in [0.05, 0.1) is 0 Å². The van der Waals surface area contributed by atoms with E-state index in [0.717, 1.165) is 31.1 Å². The van der Waals surface area contributed by atoms with Crippen LogP contribution in [0.5, 0.6) is 0 Å². The molecule has 0 amide bonds. The van der Waals surface area contributed by atoms with Crippen LogP contribution in [0, 0.1) is 5.92 Å². The zero-order valence-electron chi connectivity index (χ0n) is 10.3. The van der Waals surface area contributed by atoms with E-state index in [2.05, 4.69) is 17.9 Å². The van der Waals surface area contributed by atoms with Gasteiger partial charge in [0, 0.05) is 24.7 Å². The molecule has 1 aromatic rings. The van der Waals surface area contributed by atoms with E-state index in [0.29, 0.717) is 18.4 Å². The highest BCUT2D eigenvalue weighted by molar-refractivity contribution is 6.30. The van der Waals surface area contributed by atoms with Crippen LogP contribution in [0.1, 0.15) is 24.8 Å². The van der Waals surface area contributed by atoms with E-state index in [4.69, 9.17) is 16.7 Å². The molecule has 17 heavy (non-hydrogen) atoms. The fourth-order valence-electron chi connectivity index (χ4n) is 2.53. The third kappa shape index (κ3) is 3.44. The SMILES string of the molecule is C[C@H](CN1CC[C@@H](CO)C1)c1cccc(Cl)c1. The van der Waals surface area contributed by atoms with Gasteiger partial charge in [-0.05, 0) is 42.5 Å². The Bertz CT molecular complexity index is 369. The van der Waals surface area contributed by atoms with Crippen molar-refractivity contribution in [1.82, 2.24) is 4.90 Å². The summed E-state index contributed by atoms with van der Waals surface area (Å²) in [6, 6.07) is 8.10. The number of aliphatic hydroxyl groups is 1. The van der Waals surface area contributed by atoms with Crippen LogP contribution >= 0.6 is 11.6 Å². The molecule has 0 aromatic heterocycles. The van der Waals surface area contributed by atoms with Gasteiger partial charge in [0.2, 0.25) is 0 Å². The van der Waals surface area contributed by atoms with Crippen LogP contribution in [-0.2, 0) is 0 Å². The average Bonchev–Trinajstić information content (AvgIpc) is 2.77. The second-order valence-electron chi connectivity index (χ2n) is 5.05. The highest BCUT2D eigenvalue weighted by Crippen LogP contribution is 2.23. The predicted octanol–water partition coefficient (Wildman–Crippen LogP) is 2.76. The van der Waals surface area contributed by atoms with Crippen molar-refractivity contribution < 1.29 is 5.11 Å². The zero-order valence-corrected chi connectivity index (χ0v) is 11.0. The summed E-state index contributed by atoms with van der Waals surface area (Å²) < 4.78 is 0. The normalized spacial score (nSPS) is 22.9. The van der Waals surface area contributed by atoms with E-state index in [1.54, 1.807) is 0 Å². The fourth-order valence-corrected chi connectivity index (χ4v) is 2.73. The molecule has 0 saturated carbocycles. The molecule has 0 aliphatic carbocycles. The second-order valence-corrected chi connectivity index (χ2v) is 5.49. The third-order valence-corrected chi connectivity index (χ3v) is 3.81. The first-order valence-corrected chi connectivity index (χ1v) is 6.65. The van der Waals surface area contributed by atoms with E-state index in [1.807, 2.05) is 18.2 Å². The summed E-state index contributed by atoms with van der Waals surface area (Å²) in [5.41, 5.74) is 1.30. The van der Waals surface area contributed by atoms with Gasteiger partial charge in [0.25, 0.3) is 0 Å². The maximum absolute atomic E-state index is 9.13. The molecular formula is C14H20ClNO. The summed E-state index contributed by atoms with van der Waals surface area (Å²) in [6.07, 6.45) is 1.12. The summed E-state index contributed by atoms with van der Waals surface area (Å²) in [7, 11) is 0. The average molecular weight is 254 g/mol. The molecule has 0 bridgehead atoms. The smallest absolute Gasteiger partial charge is 0.0471 e. The standard InChI is InChI=1S/C14H20ClNO/c1-11(13-3-2-4-14(15)7-13)8-16-6-5-12(9-16)10-17/h2-4,7,11-12,17H,5-6,8-10H2,1H3/t11-,12-/m1/s1. The number of likely N-dealkylation sites (tertiary alicyclic amines) is 1. The van der Waals surface area contributed by atoms with Crippen molar-refractivity contribution >= 4 is 11.6 Å². The van der Waals surface area contributed by atoms with Crippen LogP contribution in [0.4, 0.5) is 0 Å². The molecule has 2 rings (SSSR count). The summed E-state index contributed by atoms with van der Waals surface area (Å²) >= 11 is 6.00. The summed E-state index contributed by atoms with van der Waals surface area (Å²) in [4.78, 5) is 2.44. The van der Waals surface area contributed by atoms with Gasteiger partial charge in [-0.1, -0.05) is 30.7 Å². The second kappa shape index (κ2) is 5.85. The molecule has 3 heteroatoms. The number of hydrogen-bond acceptors (Lipinski definition) is 2. The van der Waals surface area contributed by atoms with Gasteiger partial charge in [-0.15, -0.1) is 0 Å². The van der Waals surface area contributed by atoms with E-state index < -0.39 is 0 Å². The summed E-state index contributed by atoms with van der Waals surface area (Å²) in [5.74, 6) is 0.965. The van der Waals surface area contributed by atoms with E-state index in [9.17, 15) is 0 Å². The molecule has 0 unspecified atom stereocenters. The minimum Gasteiger partial charge on any atom is -0.396 e. The highest BCUT2D eigenvalue weighted by atomic mass is 35.5. The molecule has 1 heterocycles. The van der Waals surface area contributed by atoms with Crippen molar-refractivity contribution in [3.63, 3.8) is 0 Å². The molecule has 1 saturated heterocycles. The number of halogens is 1. The van der Waals surface area contributed by atoms with Crippen LogP contribution < -0.4 is 0 Å². The molecule has 1 N–H and O–H groups in total. The Kier molecular flexibility index (Phi) is 4.43. The first kappa shape index (κ1) is 12.9. The van der Waals surface area contributed by atoms with E-state index in [-0.39, 0.29) is 0 Å². The summed E-state index contributed by atoms with van der Waals surface area (Å²) in [5, 5.41) is 9.94. The van der Waals surface area contributed by atoms with Gasteiger partial charge in [-0.25, -0.2) is 0 Å². The fraction of sp³-hybridized carbons (Fsp3) is 0.571. The topological polar surface area (TPSA) is 23.5 Å². The monoisotopic (exact) mass is 253 g/mol. The van der Waals surface area contributed by atoms with Gasteiger partial charge in [-0.3, -0.25) is 0 Å². The predicted molar refractivity (Wildman–Crippen MR) is 71.5 cm³/mol. The number of aliphatic hydroxyl groups excluding tert-OH is 1. The lowest BCUT2D eigenvalue weighted by molar-refractivity contribution is 0.219. The molecule has 2 atom stereocenters. The van der Waals surface area contributed by atoms with Crippen molar-refractivity contribution in [3.05, 3.63) is 34.9 Å². The highest BCUT2D eigenvalue weighted by Gasteiger charge is 2.23. The Balaban J connectivity index is 1.91. The lowest BCUT2D eigenvalue weighted by atomic mass is 10.0. The lowest BCUT2D eigenvalue weighted by Gasteiger charge is -2.21. The minimum absolute atomic E-state index is 0.321. The molecular weight excluding hydrogens is 234 g/mol. The van der Waals surface area contributed by atoms with Gasteiger partial charge in [-0.2, -0.15) is 0 Å². The first-order chi connectivity index (χ1) is 8.19. The molecule has 2 nitrogen and oxygen atoms in total.